The molecular formula is C18H15N3O4S. The summed E-state index contributed by atoms with van der Waals surface area (Å²) in [5.74, 6) is -1.06. The summed E-state index contributed by atoms with van der Waals surface area (Å²) >= 11 is 0. The second-order valence-corrected chi connectivity index (χ2v) is 7.12. The van der Waals surface area contributed by atoms with Gasteiger partial charge in [-0.25, -0.2) is 13.1 Å². The van der Waals surface area contributed by atoms with E-state index in [1.807, 2.05) is 16.9 Å². The number of carbonyl (C=O) groups is 1. The largest absolute Gasteiger partial charge is 0.479 e. The first-order valence-corrected chi connectivity index (χ1v) is 9.19. The van der Waals surface area contributed by atoms with Crippen molar-refractivity contribution < 1.29 is 17.9 Å². The van der Waals surface area contributed by atoms with Gasteiger partial charge in [-0.1, -0.05) is 24.3 Å². The lowest BCUT2D eigenvalue weighted by molar-refractivity contribution is -0.125. The van der Waals surface area contributed by atoms with E-state index in [1.54, 1.807) is 12.1 Å². The maximum absolute atomic E-state index is 12.1. The van der Waals surface area contributed by atoms with Crippen LogP contribution in [0.2, 0.25) is 0 Å². The number of nitrogens with one attached hydrogen (secondary N) is 1. The van der Waals surface area contributed by atoms with Crippen molar-refractivity contribution in [2.24, 2.45) is 0 Å². The molecule has 7 nitrogen and oxygen atoms in total. The first-order chi connectivity index (χ1) is 12.3. The number of hydrogen-bond donors (Lipinski definition) is 1. The lowest BCUT2D eigenvalue weighted by Gasteiger charge is -2.15. The third kappa shape index (κ3) is 5.07. The van der Waals surface area contributed by atoms with Crippen molar-refractivity contribution in [2.45, 2.75) is 18.8 Å². The monoisotopic (exact) mass is 369 g/mol. The van der Waals surface area contributed by atoms with Crippen LogP contribution in [0.5, 0.6) is 5.75 Å². The van der Waals surface area contributed by atoms with Gasteiger partial charge in [0.15, 0.2) is 6.10 Å². The van der Waals surface area contributed by atoms with Crippen LogP contribution in [0, 0.1) is 22.7 Å². The minimum absolute atomic E-state index is 0.196. The van der Waals surface area contributed by atoms with Crippen molar-refractivity contribution >= 4 is 15.9 Å². The Morgan fingerprint density at radius 1 is 1.12 bits per heavy atom. The summed E-state index contributed by atoms with van der Waals surface area (Å²) < 4.78 is 31.6. The molecule has 1 N–H and O–H groups in total. The van der Waals surface area contributed by atoms with E-state index in [0.717, 1.165) is 0 Å². The van der Waals surface area contributed by atoms with E-state index < -0.39 is 27.8 Å². The average Bonchev–Trinajstić information content (AvgIpc) is 2.62. The Kier molecular flexibility index (Phi) is 5.94. The Morgan fingerprint density at radius 2 is 1.77 bits per heavy atom. The fraction of sp³-hybridized carbons (Fsp3) is 0.167. The number of ether oxygens (including phenoxy) is 1. The zero-order chi connectivity index (χ0) is 19.2. The highest BCUT2D eigenvalue weighted by molar-refractivity contribution is 7.89. The molecule has 2 aromatic carbocycles. The van der Waals surface area contributed by atoms with Gasteiger partial charge in [0.05, 0.1) is 22.9 Å². The summed E-state index contributed by atoms with van der Waals surface area (Å²) in [4.78, 5) is 12.1. The predicted molar refractivity (Wildman–Crippen MR) is 93.2 cm³/mol. The van der Waals surface area contributed by atoms with Crippen LogP contribution in [0.1, 0.15) is 23.6 Å². The molecule has 0 radical (unpaired) electrons. The summed E-state index contributed by atoms with van der Waals surface area (Å²) in [6.45, 7) is 1.39. The summed E-state index contributed by atoms with van der Waals surface area (Å²) in [6.07, 6.45) is -1.11. The molecule has 0 heterocycles. The van der Waals surface area contributed by atoms with Crippen LogP contribution in [0.15, 0.2) is 48.5 Å². The highest BCUT2D eigenvalue weighted by atomic mass is 32.2. The zero-order valence-electron chi connectivity index (χ0n) is 13.8. The molecule has 8 heteroatoms. The smallest absolute Gasteiger partial charge is 0.274 e. The van der Waals surface area contributed by atoms with E-state index in [-0.39, 0.29) is 11.3 Å². The lowest BCUT2D eigenvalue weighted by atomic mass is 10.2. The first-order valence-electron chi connectivity index (χ1n) is 7.54. The van der Waals surface area contributed by atoms with Gasteiger partial charge in [0.25, 0.3) is 5.91 Å². The van der Waals surface area contributed by atoms with Crippen molar-refractivity contribution in [3.05, 3.63) is 65.2 Å². The van der Waals surface area contributed by atoms with Gasteiger partial charge in [-0.15, -0.1) is 0 Å². The summed E-state index contributed by atoms with van der Waals surface area (Å²) in [5, 5.41) is 17.8. The van der Waals surface area contributed by atoms with Crippen molar-refractivity contribution in [2.75, 3.05) is 0 Å². The van der Waals surface area contributed by atoms with Gasteiger partial charge in [-0.2, -0.15) is 10.5 Å². The van der Waals surface area contributed by atoms with Crippen LogP contribution in [0.25, 0.3) is 0 Å². The number of sulfonamides is 1. The van der Waals surface area contributed by atoms with E-state index in [2.05, 4.69) is 0 Å². The molecule has 26 heavy (non-hydrogen) atoms. The zero-order valence-corrected chi connectivity index (χ0v) is 14.7. The number of benzene rings is 2. The summed E-state index contributed by atoms with van der Waals surface area (Å²) in [7, 11) is -3.93. The Bertz CT molecular complexity index is 986. The van der Waals surface area contributed by atoms with Gasteiger partial charge >= 0.3 is 0 Å². The van der Waals surface area contributed by atoms with E-state index in [1.165, 1.54) is 43.3 Å². The predicted octanol–water partition coefficient (Wildman–Crippen LogP) is 1.84. The Morgan fingerprint density at radius 3 is 2.38 bits per heavy atom. The molecule has 0 bridgehead atoms. The molecule has 0 aliphatic heterocycles. The van der Waals surface area contributed by atoms with E-state index >= 15 is 0 Å². The van der Waals surface area contributed by atoms with Crippen LogP contribution >= 0.6 is 0 Å². The highest BCUT2D eigenvalue weighted by Crippen LogP contribution is 2.18. The van der Waals surface area contributed by atoms with Gasteiger partial charge in [-0.3, -0.25) is 4.79 Å². The topological polar surface area (TPSA) is 120 Å². The summed E-state index contributed by atoms with van der Waals surface area (Å²) in [5.41, 5.74) is 1.09. The molecule has 0 aliphatic carbocycles. The number of para-hydroxylation sites is 1. The van der Waals surface area contributed by atoms with Crippen LogP contribution in [-0.2, 0) is 20.6 Å². The number of nitriles is 2. The van der Waals surface area contributed by atoms with E-state index in [0.29, 0.717) is 11.1 Å². The number of amides is 1. The normalized spacial score (nSPS) is 11.7. The number of rotatable bonds is 6. The standard InChI is InChI=1S/C18H15N3O4S/c1-13(25-17-5-3-2-4-16(17)11-20)18(22)21-26(23,24)12-15-8-6-14(10-19)7-9-15/h2-9,13H,12H2,1H3,(H,21,22). The average molecular weight is 369 g/mol. The van der Waals surface area contributed by atoms with Crippen LogP contribution in [0.4, 0.5) is 0 Å². The highest BCUT2D eigenvalue weighted by Gasteiger charge is 2.22. The van der Waals surface area contributed by atoms with Gasteiger partial charge < -0.3 is 4.74 Å². The SMILES string of the molecule is CC(Oc1ccccc1C#N)C(=O)NS(=O)(=O)Cc1ccc(C#N)cc1. The number of hydrogen-bond acceptors (Lipinski definition) is 6. The van der Waals surface area contributed by atoms with Crippen LogP contribution in [0.3, 0.4) is 0 Å². The molecule has 2 rings (SSSR count). The lowest BCUT2D eigenvalue weighted by Crippen LogP contribution is -2.40. The van der Waals surface area contributed by atoms with E-state index in [9.17, 15) is 13.2 Å². The molecule has 0 saturated heterocycles. The molecule has 2 aromatic rings. The van der Waals surface area contributed by atoms with Crippen molar-refractivity contribution in [1.82, 2.24) is 4.72 Å². The minimum Gasteiger partial charge on any atom is -0.479 e. The van der Waals surface area contributed by atoms with Crippen molar-refractivity contribution in [3.8, 4) is 17.9 Å². The fourth-order valence-corrected chi connectivity index (χ4v) is 3.25. The molecule has 0 fully saturated rings. The minimum atomic E-state index is -3.93. The van der Waals surface area contributed by atoms with E-state index in [4.69, 9.17) is 15.3 Å². The van der Waals surface area contributed by atoms with Gasteiger partial charge in [0, 0.05) is 0 Å². The Balaban J connectivity index is 2.02. The van der Waals surface area contributed by atoms with Crippen LogP contribution < -0.4 is 9.46 Å². The number of carbonyl (C=O) groups excluding carboxylic acids is 1. The van der Waals surface area contributed by atoms with Gasteiger partial charge in [-0.05, 0) is 36.8 Å². The number of nitrogens with zero attached hydrogens (tertiary/aromatic N) is 2. The maximum atomic E-state index is 12.1. The molecule has 0 aromatic heterocycles. The Hall–Kier alpha value is -3.36. The molecule has 0 spiro atoms. The molecule has 0 aliphatic rings. The molecule has 1 amide bonds. The van der Waals surface area contributed by atoms with Gasteiger partial charge in [0.1, 0.15) is 11.8 Å². The third-order valence-electron chi connectivity index (χ3n) is 3.38. The fourth-order valence-electron chi connectivity index (χ4n) is 2.07. The first kappa shape index (κ1) is 19.0. The molecule has 132 valence electrons. The maximum Gasteiger partial charge on any atom is 0.274 e. The third-order valence-corrected chi connectivity index (χ3v) is 4.60. The molecular weight excluding hydrogens is 354 g/mol. The van der Waals surface area contributed by atoms with Crippen molar-refractivity contribution in [3.63, 3.8) is 0 Å². The molecule has 1 unspecified atom stereocenters. The quantitative estimate of drug-likeness (QED) is 0.829. The molecule has 0 saturated carbocycles. The molecule has 1 atom stereocenters. The summed E-state index contributed by atoms with van der Waals surface area (Å²) in [6, 6.07) is 16.2. The van der Waals surface area contributed by atoms with Crippen molar-refractivity contribution in [1.29, 1.82) is 10.5 Å². The second kappa shape index (κ2) is 8.15. The second-order valence-electron chi connectivity index (χ2n) is 5.40. The van der Waals surface area contributed by atoms with Gasteiger partial charge in [0.2, 0.25) is 10.0 Å². The van der Waals surface area contributed by atoms with Crippen LogP contribution in [-0.4, -0.2) is 20.4 Å². The Labute approximate surface area is 151 Å².